The summed E-state index contributed by atoms with van der Waals surface area (Å²) in [6, 6.07) is 20.4. The van der Waals surface area contributed by atoms with Gasteiger partial charge in [-0.25, -0.2) is 0 Å². The number of aliphatic hydroxyl groups is 1. The van der Waals surface area contributed by atoms with Crippen molar-refractivity contribution in [2.45, 2.75) is 45.3 Å². The average Bonchev–Trinajstić information content (AvgIpc) is 2.94. The van der Waals surface area contributed by atoms with Crippen LogP contribution in [-0.4, -0.2) is 59.7 Å². The van der Waals surface area contributed by atoms with E-state index >= 15 is 0 Å². The topological polar surface area (TPSA) is 53.0 Å². The van der Waals surface area contributed by atoms with Gasteiger partial charge in [-0.3, -0.25) is 9.69 Å². The molecule has 0 saturated heterocycles. The van der Waals surface area contributed by atoms with Crippen molar-refractivity contribution in [3.63, 3.8) is 0 Å². The number of carbonyl (C=O) groups is 1. The van der Waals surface area contributed by atoms with Crippen LogP contribution in [0.25, 0.3) is 11.1 Å². The Bertz CT molecular complexity index is 1280. The second-order valence-electron chi connectivity index (χ2n) is 10.4. The molecule has 0 spiro atoms. The Hall–Kier alpha value is -3.20. The second-order valence-corrected chi connectivity index (χ2v) is 10.4. The molecule has 208 valence electrons. The lowest BCUT2D eigenvalue weighted by molar-refractivity contribution is -0.138. The smallest absolute Gasteiger partial charge is 0.394 e. The van der Waals surface area contributed by atoms with Crippen molar-refractivity contribution in [2.75, 3.05) is 26.7 Å². The summed E-state index contributed by atoms with van der Waals surface area (Å²) in [5.41, 5.74) is 2.71. The molecule has 3 atom stereocenters. The summed E-state index contributed by atoms with van der Waals surface area (Å²) in [5, 5.41) is 9.98. The van der Waals surface area contributed by atoms with Gasteiger partial charge in [-0.1, -0.05) is 67.6 Å². The predicted octanol–water partition coefficient (Wildman–Crippen LogP) is 5.86. The number of rotatable bonds is 6. The first-order valence-electron chi connectivity index (χ1n) is 13.1. The number of ether oxygens (including phenoxy) is 1. The summed E-state index contributed by atoms with van der Waals surface area (Å²) in [6.45, 7) is 4.65. The first kappa shape index (κ1) is 28.8. The molecule has 0 unspecified atom stereocenters. The fourth-order valence-corrected chi connectivity index (χ4v) is 5.15. The lowest BCUT2D eigenvalue weighted by Gasteiger charge is -2.35. The summed E-state index contributed by atoms with van der Waals surface area (Å²) in [4.78, 5) is 17.4. The van der Waals surface area contributed by atoms with Gasteiger partial charge in [0, 0.05) is 31.1 Å². The highest BCUT2D eigenvalue weighted by molar-refractivity contribution is 6.01. The van der Waals surface area contributed by atoms with E-state index in [1.54, 1.807) is 31.0 Å². The standard InChI is InChI=1S/C31H35F3N2O3/c1-21-16-36(22(2)19-37)30(38)27-14-8-7-13-26(27)25-12-6-4-11-24(25)20-39-29(21)18-35(3)17-23-10-5-9-15-28(23)31(32,33)34/h4-15,21-22,29,37H,16-20H2,1-3H3/t21-,22+,29+/m0/s1. The summed E-state index contributed by atoms with van der Waals surface area (Å²) in [5.74, 6) is -0.345. The predicted molar refractivity (Wildman–Crippen MR) is 145 cm³/mol. The Morgan fingerprint density at radius 1 is 1.00 bits per heavy atom. The summed E-state index contributed by atoms with van der Waals surface area (Å²) in [7, 11) is 1.78. The molecule has 1 amide bonds. The number of benzene rings is 3. The van der Waals surface area contributed by atoms with Gasteiger partial charge < -0.3 is 14.7 Å². The van der Waals surface area contributed by atoms with Gasteiger partial charge in [0.2, 0.25) is 0 Å². The van der Waals surface area contributed by atoms with Crippen molar-refractivity contribution in [1.82, 2.24) is 9.80 Å². The maximum Gasteiger partial charge on any atom is 0.416 e. The summed E-state index contributed by atoms with van der Waals surface area (Å²) >= 11 is 0. The molecule has 0 aliphatic carbocycles. The highest BCUT2D eigenvalue weighted by atomic mass is 19.4. The number of hydrogen-bond donors (Lipinski definition) is 1. The van der Waals surface area contributed by atoms with Gasteiger partial charge in [0.1, 0.15) is 0 Å². The fraction of sp³-hybridized carbons (Fsp3) is 0.387. The number of nitrogens with zero attached hydrogens (tertiary/aromatic N) is 2. The van der Waals surface area contributed by atoms with Crippen LogP contribution < -0.4 is 0 Å². The average molecular weight is 541 g/mol. The van der Waals surface area contributed by atoms with Gasteiger partial charge in [0.05, 0.1) is 30.9 Å². The maximum absolute atomic E-state index is 13.9. The molecule has 4 rings (SSSR count). The molecule has 3 aromatic rings. The Morgan fingerprint density at radius 3 is 2.31 bits per heavy atom. The van der Waals surface area contributed by atoms with Gasteiger partial charge in [0.15, 0.2) is 0 Å². The van der Waals surface area contributed by atoms with Gasteiger partial charge in [-0.2, -0.15) is 13.2 Å². The number of hydrogen-bond acceptors (Lipinski definition) is 4. The number of halogens is 3. The van der Waals surface area contributed by atoms with Crippen molar-refractivity contribution < 1.29 is 27.8 Å². The van der Waals surface area contributed by atoms with Crippen LogP contribution in [0, 0.1) is 5.92 Å². The summed E-state index contributed by atoms with van der Waals surface area (Å²) in [6.07, 6.45) is -4.82. The highest BCUT2D eigenvalue weighted by Crippen LogP contribution is 2.33. The largest absolute Gasteiger partial charge is 0.416 e. The molecule has 0 saturated carbocycles. The molecule has 0 bridgehead atoms. The van der Waals surface area contributed by atoms with Crippen LogP contribution in [0.2, 0.25) is 0 Å². The Morgan fingerprint density at radius 2 is 1.62 bits per heavy atom. The Kier molecular flexibility index (Phi) is 9.10. The van der Waals surface area contributed by atoms with E-state index in [1.807, 2.05) is 54.3 Å². The van der Waals surface area contributed by atoms with Crippen LogP contribution in [0.5, 0.6) is 0 Å². The molecule has 0 radical (unpaired) electrons. The molecule has 3 aromatic carbocycles. The maximum atomic E-state index is 13.9. The van der Waals surface area contributed by atoms with Gasteiger partial charge in [0.25, 0.3) is 5.91 Å². The van der Waals surface area contributed by atoms with E-state index < -0.39 is 17.8 Å². The molecule has 5 nitrogen and oxygen atoms in total. The molecule has 1 heterocycles. The zero-order chi connectivity index (χ0) is 28.2. The molecule has 8 heteroatoms. The van der Waals surface area contributed by atoms with Crippen LogP contribution in [0.3, 0.4) is 0 Å². The zero-order valence-electron chi connectivity index (χ0n) is 22.5. The zero-order valence-corrected chi connectivity index (χ0v) is 22.5. The highest BCUT2D eigenvalue weighted by Gasteiger charge is 2.34. The Balaban J connectivity index is 1.67. The Labute approximate surface area is 227 Å². The summed E-state index contributed by atoms with van der Waals surface area (Å²) < 4.78 is 47.2. The van der Waals surface area contributed by atoms with E-state index in [0.717, 1.165) is 22.8 Å². The first-order valence-corrected chi connectivity index (χ1v) is 13.1. The van der Waals surface area contributed by atoms with E-state index in [2.05, 4.69) is 0 Å². The molecular weight excluding hydrogens is 505 g/mol. The number of fused-ring (bicyclic) bond motifs is 3. The monoisotopic (exact) mass is 540 g/mol. The SMILES string of the molecule is C[C@H](CO)N1C[C@H](C)[C@@H](CN(C)Cc2ccccc2C(F)(F)F)OCc2ccccc2-c2ccccc2C1=O. The van der Waals surface area contributed by atoms with Crippen LogP contribution >= 0.6 is 0 Å². The molecule has 0 aromatic heterocycles. The van der Waals surface area contributed by atoms with E-state index in [4.69, 9.17) is 4.74 Å². The number of carbonyl (C=O) groups excluding carboxylic acids is 1. The minimum absolute atomic E-state index is 0.0972. The third kappa shape index (κ3) is 6.69. The molecule has 1 aliphatic rings. The minimum atomic E-state index is -4.43. The van der Waals surface area contributed by atoms with E-state index in [0.29, 0.717) is 18.7 Å². The van der Waals surface area contributed by atoms with Crippen LogP contribution in [0.4, 0.5) is 13.2 Å². The normalized spacial score (nSPS) is 19.3. The molecule has 1 aliphatic heterocycles. The van der Waals surface area contributed by atoms with E-state index in [9.17, 15) is 23.1 Å². The lowest BCUT2D eigenvalue weighted by atomic mass is 9.94. The number of likely N-dealkylation sites (N-methyl/N-ethyl adjacent to an activating group) is 1. The first-order chi connectivity index (χ1) is 18.6. The van der Waals surface area contributed by atoms with Crippen molar-refractivity contribution in [1.29, 1.82) is 0 Å². The second kappa shape index (κ2) is 12.3. The van der Waals surface area contributed by atoms with E-state index in [-0.39, 0.29) is 43.3 Å². The minimum Gasteiger partial charge on any atom is -0.394 e. The molecule has 0 fully saturated rings. The van der Waals surface area contributed by atoms with Crippen molar-refractivity contribution in [3.05, 3.63) is 95.1 Å². The van der Waals surface area contributed by atoms with E-state index in [1.165, 1.54) is 12.1 Å². The van der Waals surface area contributed by atoms with Crippen LogP contribution in [0.15, 0.2) is 72.8 Å². The third-order valence-corrected chi connectivity index (χ3v) is 7.35. The molecule has 1 N–H and O–H groups in total. The molecular formula is C31H35F3N2O3. The van der Waals surface area contributed by atoms with Gasteiger partial charge >= 0.3 is 6.18 Å². The number of alkyl halides is 3. The van der Waals surface area contributed by atoms with Crippen molar-refractivity contribution >= 4 is 5.91 Å². The van der Waals surface area contributed by atoms with Crippen LogP contribution in [-0.2, 0) is 24.1 Å². The van der Waals surface area contributed by atoms with Crippen LogP contribution in [0.1, 0.15) is 40.9 Å². The fourth-order valence-electron chi connectivity index (χ4n) is 5.15. The number of amides is 1. The van der Waals surface area contributed by atoms with Gasteiger partial charge in [-0.05, 0) is 48.4 Å². The van der Waals surface area contributed by atoms with Crippen molar-refractivity contribution in [2.24, 2.45) is 5.92 Å². The number of aliphatic hydroxyl groups excluding tert-OH is 1. The third-order valence-electron chi connectivity index (χ3n) is 7.35. The molecule has 39 heavy (non-hydrogen) atoms. The lowest BCUT2D eigenvalue weighted by Crippen LogP contribution is -2.47. The van der Waals surface area contributed by atoms with Gasteiger partial charge in [-0.15, -0.1) is 0 Å². The van der Waals surface area contributed by atoms with Crippen molar-refractivity contribution in [3.8, 4) is 11.1 Å². The quantitative estimate of drug-likeness (QED) is 0.426.